The fourth-order valence-corrected chi connectivity index (χ4v) is 1.36. The Bertz CT molecular complexity index is 149. The molecule has 72 valence electrons. The van der Waals surface area contributed by atoms with Crippen LogP contribution in [0.5, 0.6) is 0 Å². The zero-order chi connectivity index (χ0) is 8.81. The van der Waals surface area contributed by atoms with E-state index >= 15 is 0 Å². The molecule has 13 heavy (non-hydrogen) atoms. The molecule has 1 unspecified atom stereocenters. The molecule has 0 N–H and O–H groups in total. The average molecular weight is 216 g/mol. The van der Waals surface area contributed by atoms with Crippen LogP contribution in [-0.4, -0.2) is 40.4 Å². The summed E-state index contributed by atoms with van der Waals surface area (Å²) in [7, 11) is 0. The van der Waals surface area contributed by atoms with E-state index in [1.807, 2.05) is 0 Å². The summed E-state index contributed by atoms with van der Waals surface area (Å²) in [4.78, 5) is 0. The van der Waals surface area contributed by atoms with Crippen molar-refractivity contribution in [3.05, 3.63) is 0 Å². The molecule has 1 heterocycles. The van der Waals surface area contributed by atoms with Crippen molar-refractivity contribution in [1.82, 2.24) is 0 Å². The number of hydrogen-bond acceptors (Lipinski definition) is 4. The monoisotopic (exact) mass is 216 g/mol. The quantitative estimate of drug-likeness (QED) is 0.373. The van der Waals surface area contributed by atoms with Crippen molar-refractivity contribution in [2.24, 2.45) is 0 Å². The Morgan fingerprint density at radius 3 is 2.62 bits per heavy atom. The van der Waals surface area contributed by atoms with Crippen molar-refractivity contribution in [1.29, 1.82) is 0 Å². The molecule has 1 atom stereocenters. The van der Waals surface area contributed by atoms with Gasteiger partial charge in [0.15, 0.2) is 0 Å². The summed E-state index contributed by atoms with van der Waals surface area (Å²) in [5.74, 6) is 0.0946. The summed E-state index contributed by atoms with van der Waals surface area (Å²) in [5, 5.41) is 0. The first-order valence-corrected chi connectivity index (χ1v) is 5.28. The van der Waals surface area contributed by atoms with Gasteiger partial charge in [0, 0.05) is 19.0 Å². The average Bonchev–Trinajstić information content (AvgIpc) is 2.05. The van der Waals surface area contributed by atoms with Crippen LogP contribution in [0, 0.1) is 0 Å². The fraction of sp³-hybridized carbons (Fsp3) is 1.00. The molecule has 0 aliphatic carbocycles. The molecule has 1 saturated heterocycles. The van der Waals surface area contributed by atoms with Crippen molar-refractivity contribution in [2.75, 3.05) is 25.6 Å². The number of hydrogen-bond donors (Lipinski definition) is 0. The van der Waals surface area contributed by atoms with E-state index in [4.69, 9.17) is 9.47 Å². The molecule has 0 aromatic heterocycles. The first-order valence-electron chi connectivity index (χ1n) is 4.04. The van der Waals surface area contributed by atoms with Gasteiger partial charge in [-0.15, -0.1) is 0 Å². The molecule has 1 aliphatic rings. The second-order valence-electron chi connectivity index (χ2n) is 2.69. The molecule has 0 spiro atoms. The summed E-state index contributed by atoms with van der Waals surface area (Å²) in [5.41, 5.74) is 0. The standard InChI is InChI=1S/C7H14O4S.Na/c8-12(9)6-5-11-7-1-3-10-4-2-7;/h7H,1-6H2,(H,8,9);/q;+1/p-1. The van der Waals surface area contributed by atoms with Crippen LogP contribution in [0.25, 0.3) is 0 Å². The first kappa shape index (κ1) is 14.0. The van der Waals surface area contributed by atoms with Gasteiger partial charge in [0.1, 0.15) is 0 Å². The van der Waals surface area contributed by atoms with Crippen LogP contribution in [0.3, 0.4) is 0 Å². The van der Waals surface area contributed by atoms with Crippen LogP contribution >= 0.6 is 0 Å². The Kier molecular flexibility index (Phi) is 9.01. The molecule has 1 rings (SSSR count). The number of ether oxygens (including phenoxy) is 2. The van der Waals surface area contributed by atoms with E-state index in [-0.39, 0.29) is 41.4 Å². The first-order chi connectivity index (χ1) is 5.79. The molecule has 0 bridgehead atoms. The Hall–Kier alpha value is 1.03. The van der Waals surface area contributed by atoms with Gasteiger partial charge in [0.05, 0.1) is 12.7 Å². The number of rotatable bonds is 4. The molecule has 4 nitrogen and oxygen atoms in total. The Labute approximate surface area is 103 Å². The molecule has 1 fully saturated rings. The predicted molar refractivity (Wildman–Crippen MR) is 43.6 cm³/mol. The molecule has 0 aromatic carbocycles. The third-order valence-corrected chi connectivity index (χ3v) is 2.27. The van der Waals surface area contributed by atoms with E-state index in [1.54, 1.807) is 0 Å². The topological polar surface area (TPSA) is 58.6 Å². The van der Waals surface area contributed by atoms with Crippen molar-refractivity contribution >= 4 is 11.1 Å². The Morgan fingerprint density at radius 1 is 1.46 bits per heavy atom. The summed E-state index contributed by atoms with van der Waals surface area (Å²) >= 11 is -1.98. The molecular formula is C7H13NaO4S. The smallest absolute Gasteiger partial charge is 0.772 e. The minimum absolute atomic E-state index is 0. The van der Waals surface area contributed by atoms with E-state index in [9.17, 15) is 8.76 Å². The Morgan fingerprint density at radius 2 is 2.08 bits per heavy atom. The van der Waals surface area contributed by atoms with E-state index in [1.165, 1.54) is 0 Å². The van der Waals surface area contributed by atoms with E-state index in [0.29, 0.717) is 6.61 Å². The van der Waals surface area contributed by atoms with Gasteiger partial charge in [-0.3, -0.25) is 4.21 Å². The van der Waals surface area contributed by atoms with Crippen molar-refractivity contribution in [2.45, 2.75) is 18.9 Å². The van der Waals surface area contributed by atoms with Crippen molar-refractivity contribution in [3.63, 3.8) is 0 Å². The van der Waals surface area contributed by atoms with Gasteiger partial charge in [0.2, 0.25) is 0 Å². The largest absolute Gasteiger partial charge is 1.00 e. The molecule has 1 aliphatic heterocycles. The molecule has 0 amide bonds. The second kappa shape index (κ2) is 8.35. The molecular weight excluding hydrogens is 203 g/mol. The van der Waals surface area contributed by atoms with E-state index in [2.05, 4.69) is 0 Å². The maximum absolute atomic E-state index is 10.1. The molecule has 6 heteroatoms. The van der Waals surface area contributed by atoms with Gasteiger partial charge in [-0.1, -0.05) is 11.1 Å². The maximum Gasteiger partial charge on any atom is 1.00 e. The van der Waals surface area contributed by atoms with Crippen molar-refractivity contribution < 1.29 is 47.8 Å². The fourth-order valence-electron chi connectivity index (χ4n) is 1.13. The predicted octanol–water partition coefficient (Wildman–Crippen LogP) is -2.93. The van der Waals surface area contributed by atoms with Gasteiger partial charge in [-0.05, 0) is 12.8 Å². The van der Waals surface area contributed by atoms with Gasteiger partial charge in [0.25, 0.3) is 0 Å². The van der Waals surface area contributed by atoms with Crippen LogP contribution in [0.4, 0.5) is 0 Å². The van der Waals surface area contributed by atoms with Crippen LogP contribution in [0.1, 0.15) is 12.8 Å². The summed E-state index contributed by atoms with van der Waals surface area (Å²) in [6.45, 7) is 1.76. The summed E-state index contributed by atoms with van der Waals surface area (Å²) < 4.78 is 30.7. The second-order valence-corrected chi connectivity index (χ2v) is 3.71. The van der Waals surface area contributed by atoms with E-state index < -0.39 is 11.1 Å². The third kappa shape index (κ3) is 7.02. The normalized spacial score (nSPS) is 20.7. The van der Waals surface area contributed by atoms with E-state index in [0.717, 1.165) is 26.1 Å². The van der Waals surface area contributed by atoms with Crippen LogP contribution in [0.15, 0.2) is 0 Å². The SMILES string of the molecule is O=S([O-])CCOC1CCOCC1.[Na+]. The van der Waals surface area contributed by atoms with Crippen LogP contribution < -0.4 is 29.6 Å². The minimum atomic E-state index is -1.98. The maximum atomic E-state index is 10.1. The van der Waals surface area contributed by atoms with Gasteiger partial charge >= 0.3 is 29.6 Å². The van der Waals surface area contributed by atoms with Crippen LogP contribution in [0.2, 0.25) is 0 Å². The molecule has 0 saturated carbocycles. The zero-order valence-corrected chi connectivity index (χ0v) is 10.7. The molecule has 0 radical (unpaired) electrons. The van der Waals surface area contributed by atoms with Crippen LogP contribution in [-0.2, 0) is 20.6 Å². The zero-order valence-electron chi connectivity index (χ0n) is 7.86. The molecule has 0 aromatic rings. The van der Waals surface area contributed by atoms with Gasteiger partial charge in [-0.25, -0.2) is 0 Å². The van der Waals surface area contributed by atoms with Gasteiger partial charge in [-0.2, -0.15) is 0 Å². The summed E-state index contributed by atoms with van der Waals surface area (Å²) in [6.07, 6.45) is 1.96. The van der Waals surface area contributed by atoms with Crippen molar-refractivity contribution in [3.8, 4) is 0 Å². The Balaban J connectivity index is 0.00000144. The van der Waals surface area contributed by atoms with Gasteiger partial charge < -0.3 is 14.0 Å². The summed E-state index contributed by atoms with van der Waals surface area (Å²) in [6, 6.07) is 0. The third-order valence-electron chi connectivity index (χ3n) is 1.77. The minimum Gasteiger partial charge on any atom is -0.772 e.